The molecule has 0 atom stereocenters. The van der Waals surface area contributed by atoms with Gasteiger partial charge in [0.25, 0.3) is 0 Å². The van der Waals surface area contributed by atoms with Gasteiger partial charge in [0.05, 0.1) is 0 Å². The fourth-order valence-corrected chi connectivity index (χ4v) is 3.66. The maximum Gasteiger partial charge on any atom is 0.123 e. The largest absolute Gasteiger partial charge is 0.507 e. The lowest BCUT2D eigenvalue weighted by atomic mass is 9.94. The third kappa shape index (κ3) is 1.88. The first-order chi connectivity index (χ1) is 11.3. The summed E-state index contributed by atoms with van der Waals surface area (Å²) >= 11 is 0. The molecular weight excluding hydrogens is 292 g/mol. The molecule has 5 aromatic rings. The fraction of sp³-hybridized carbons (Fsp3) is 0.0435. The topological polar surface area (TPSA) is 20.2 Å². The summed E-state index contributed by atoms with van der Waals surface area (Å²) in [5.41, 5.74) is 0. The molecule has 0 unspecified atom stereocenters. The lowest BCUT2D eigenvalue weighted by Crippen LogP contribution is -1.83. The molecule has 5 aromatic carbocycles. The third-order valence-corrected chi connectivity index (χ3v) is 4.76. The number of fused-ring (bicyclic) bond motifs is 7. The van der Waals surface area contributed by atoms with Crippen LogP contribution in [0.25, 0.3) is 43.1 Å². The van der Waals surface area contributed by atoms with Crippen LogP contribution < -0.4 is 0 Å². The van der Waals surface area contributed by atoms with Crippen LogP contribution in [0.4, 0.5) is 0 Å². The van der Waals surface area contributed by atoms with E-state index in [1.807, 2.05) is 12.1 Å². The van der Waals surface area contributed by atoms with Gasteiger partial charge in [0.15, 0.2) is 0 Å². The summed E-state index contributed by atoms with van der Waals surface area (Å²) in [7, 11) is 0. The zero-order valence-corrected chi connectivity index (χ0v) is 12.5. The van der Waals surface area contributed by atoms with E-state index in [9.17, 15) is 5.11 Å². The van der Waals surface area contributed by atoms with E-state index in [1.54, 1.807) is 6.07 Å². The van der Waals surface area contributed by atoms with Crippen molar-refractivity contribution in [1.82, 2.24) is 0 Å². The van der Waals surface area contributed by atoms with Gasteiger partial charge in [-0.2, -0.15) is 0 Å². The van der Waals surface area contributed by atoms with Crippen LogP contribution in [0.3, 0.4) is 0 Å². The molecule has 116 valence electrons. The number of phenolic OH excluding ortho intramolecular Hbond substituents is 1. The first-order valence-electron chi connectivity index (χ1n) is 7.78. The van der Waals surface area contributed by atoms with E-state index in [0.717, 1.165) is 10.8 Å². The van der Waals surface area contributed by atoms with Crippen molar-refractivity contribution >= 4 is 43.1 Å². The molecule has 0 saturated carbocycles. The van der Waals surface area contributed by atoms with Gasteiger partial charge in [0, 0.05) is 5.39 Å². The lowest BCUT2D eigenvalue weighted by Gasteiger charge is -2.10. The zero-order chi connectivity index (χ0) is 15.4. The molecule has 1 N–H and O–H groups in total. The second-order valence-corrected chi connectivity index (χ2v) is 5.98. The molecule has 0 amide bonds. The number of rotatable bonds is 0. The van der Waals surface area contributed by atoms with Gasteiger partial charge in [0.2, 0.25) is 0 Å². The number of hydrogen-bond acceptors (Lipinski definition) is 1. The minimum atomic E-state index is 0. The van der Waals surface area contributed by atoms with Crippen LogP contribution in [0, 0.1) is 0 Å². The van der Waals surface area contributed by atoms with E-state index in [0.29, 0.717) is 5.75 Å². The van der Waals surface area contributed by atoms with E-state index < -0.39 is 0 Å². The third-order valence-electron chi connectivity index (χ3n) is 4.76. The average molecular weight is 310 g/mol. The van der Waals surface area contributed by atoms with Crippen molar-refractivity contribution in [3.8, 4) is 5.75 Å². The van der Waals surface area contributed by atoms with Crippen LogP contribution >= 0.6 is 0 Å². The van der Waals surface area contributed by atoms with E-state index >= 15 is 0 Å². The highest BCUT2D eigenvalue weighted by Gasteiger charge is 2.08. The Morgan fingerprint density at radius 3 is 1.67 bits per heavy atom. The summed E-state index contributed by atoms with van der Waals surface area (Å²) in [4.78, 5) is 0. The Morgan fingerprint density at radius 2 is 0.917 bits per heavy atom. The van der Waals surface area contributed by atoms with Crippen LogP contribution in [0.15, 0.2) is 78.9 Å². The molecule has 0 fully saturated rings. The predicted molar refractivity (Wildman–Crippen MR) is 105 cm³/mol. The van der Waals surface area contributed by atoms with Crippen LogP contribution in [0.2, 0.25) is 0 Å². The Balaban J connectivity index is 0.00000146. The molecule has 0 bridgehead atoms. The minimum absolute atomic E-state index is 0. The molecular formula is C23H18O. The van der Waals surface area contributed by atoms with Crippen molar-refractivity contribution in [1.29, 1.82) is 0 Å². The van der Waals surface area contributed by atoms with Crippen molar-refractivity contribution < 1.29 is 5.11 Å². The maximum absolute atomic E-state index is 10.1. The number of benzene rings is 5. The highest BCUT2D eigenvalue weighted by atomic mass is 16.3. The molecule has 0 aliphatic rings. The monoisotopic (exact) mass is 310 g/mol. The Kier molecular flexibility index (Phi) is 3.17. The lowest BCUT2D eigenvalue weighted by molar-refractivity contribution is 0.481. The summed E-state index contributed by atoms with van der Waals surface area (Å²) < 4.78 is 0. The fourth-order valence-electron chi connectivity index (χ4n) is 3.66. The second kappa shape index (κ2) is 5.24. The summed E-state index contributed by atoms with van der Waals surface area (Å²) in [6, 6.07) is 27.1. The van der Waals surface area contributed by atoms with Gasteiger partial charge in [-0.25, -0.2) is 0 Å². The van der Waals surface area contributed by atoms with Gasteiger partial charge < -0.3 is 5.11 Å². The smallest absolute Gasteiger partial charge is 0.123 e. The molecule has 1 heteroatoms. The standard InChI is InChI=1S/C22H14O.CH4/c23-22-7-3-6-16-19-11-10-17-15-5-2-1-4-14(15)8-9-18(17)20(19)12-13-21(16)22;/h1-13,23H;1H4. The van der Waals surface area contributed by atoms with Crippen LogP contribution in [0.1, 0.15) is 7.43 Å². The zero-order valence-electron chi connectivity index (χ0n) is 12.5. The van der Waals surface area contributed by atoms with Crippen molar-refractivity contribution in [2.45, 2.75) is 7.43 Å². The number of hydrogen-bond donors (Lipinski definition) is 1. The molecule has 5 rings (SSSR count). The molecule has 0 spiro atoms. The Hall–Kier alpha value is -3.06. The number of aromatic hydroxyl groups is 1. The van der Waals surface area contributed by atoms with Crippen LogP contribution in [-0.4, -0.2) is 5.11 Å². The van der Waals surface area contributed by atoms with E-state index in [-0.39, 0.29) is 7.43 Å². The van der Waals surface area contributed by atoms with Gasteiger partial charge in [-0.05, 0) is 43.8 Å². The molecule has 0 aliphatic carbocycles. The van der Waals surface area contributed by atoms with Crippen molar-refractivity contribution in [3.05, 3.63) is 78.9 Å². The molecule has 0 aliphatic heterocycles. The quantitative estimate of drug-likeness (QED) is 0.318. The Bertz CT molecular complexity index is 1220. The molecule has 0 aromatic heterocycles. The first-order valence-corrected chi connectivity index (χ1v) is 7.78. The van der Waals surface area contributed by atoms with Gasteiger partial charge in [-0.3, -0.25) is 0 Å². The van der Waals surface area contributed by atoms with Crippen LogP contribution in [-0.2, 0) is 0 Å². The molecule has 0 saturated heterocycles. The summed E-state index contributed by atoms with van der Waals surface area (Å²) in [6.07, 6.45) is 0. The molecule has 0 radical (unpaired) electrons. The maximum atomic E-state index is 10.1. The molecule has 24 heavy (non-hydrogen) atoms. The van der Waals surface area contributed by atoms with E-state index in [1.165, 1.54) is 32.3 Å². The minimum Gasteiger partial charge on any atom is -0.507 e. The predicted octanol–water partition coefficient (Wildman–Crippen LogP) is 6.64. The van der Waals surface area contributed by atoms with Gasteiger partial charge in [-0.1, -0.05) is 80.2 Å². The normalized spacial score (nSPS) is 11.2. The van der Waals surface area contributed by atoms with E-state index in [4.69, 9.17) is 0 Å². The summed E-state index contributed by atoms with van der Waals surface area (Å²) in [5, 5.41) is 19.6. The van der Waals surface area contributed by atoms with Gasteiger partial charge in [0.1, 0.15) is 5.75 Å². The highest BCUT2D eigenvalue weighted by molar-refractivity contribution is 6.22. The summed E-state index contributed by atoms with van der Waals surface area (Å²) in [6.45, 7) is 0. The van der Waals surface area contributed by atoms with Crippen molar-refractivity contribution in [2.24, 2.45) is 0 Å². The molecule has 1 nitrogen and oxygen atoms in total. The molecule has 0 heterocycles. The average Bonchev–Trinajstić information content (AvgIpc) is 2.61. The van der Waals surface area contributed by atoms with Crippen molar-refractivity contribution in [3.63, 3.8) is 0 Å². The highest BCUT2D eigenvalue weighted by Crippen LogP contribution is 2.36. The van der Waals surface area contributed by atoms with Crippen LogP contribution in [0.5, 0.6) is 5.75 Å². The SMILES string of the molecule is C.Oc1cccc2c1ccc1c2ccc2c3ccccc3ccc21. The summed E-state index contributed by atoms with van der Waals surface area (Å²) in [5.74, 6) is 0.336. The second-order valence-electron chi connectivity index (χ2n) is 5.98. The van der Waals surface area contributed by atoms with Crippen molar-refractivity contribution in [2.75, 3.05) is 0 Å². The van der Waals surface area contributed by atoms with Gasteiger partial charge in [-0.15, -0.1) is 0 Å². The Labute approximate surface area is 140 Å². The number of phenols is 1. The van der Waals surface area contributed by atoms with Gasteiger partial charge >= 0.3 is 0 Å². The van der Waals surface area contributed by atoms with E-state index in [2.05, 4.69) is 60.7 Å². The first kappa shape index (κ1) is 14.5. The Morgan fingerprint density at radius 1 is 0.417 bits per heavy atom.